The summed E-state index contributed by atoms with van der Waals surface area (Å²) in [5.74, 6) is 1.98. The lowest BCUT2D eigenvalue weighted by Gasteiger charge is -2.35. The van der Waals surface area contributed by atoms with Crippen molar-refractivity contribution in [3.05, 3.63) is 29.8 Å². The molecular weight excluding hydrogens is 300 g/mol. The lowest BCUT2D eigenvalue weighted by atomic mass is 10.0. The molecule has 1 aromatic rings. The predicted octanol–water partition coefficient (Wildman–Crippen LogP) is 2.78. The Bertz CT molecular complexity index is 524. The number of nitrogens with two attached hydrogens (primary N) is 1. The fourth-order valence-electron chi connectivity index (χ4n) is 3.15. The quantitative estimate of drug-likeness (QED) is 0.595. The Morgan fingerprint density at radius 3 is 2.62 bits per heavy atom. The molecule has 2 rings (SSSR count). The summed E-state index contributed by atoms with van der Waals surface area (Å²) in [6.07, 6.45) is 3.83. The number of ether oxygens (including phenoxy) is 1. The maximum Gasteiger partial charge on any atom is 0.188 e. The van der Waals surface area contributed by atoms with Crippen molar-refractivity contribution in [1.29, 1.82) is 0 Å². The van der Waals surface area contributed by atoms with Crippen LogP contribution >= 0.6 is 0 Å². The van der Waals surface area contributed by atoms with Gasteiger partial charge in [-0.3, -0.25) is 9.89 Å². The van der Waals surface area contributed by atoms with Crippen molar-refractivity contribution >= 4 is 5.96 Å². The third-order valence-electron chi connectivity index (χ3n) is 4.43. The van der Waals surface area contributed by atoms with Crippen LogP contribution in [0, 0.1) is 5.92 Å². The van der Waals surface area contributed by atoms with E-state index in [9.17, 15) is 0 Å². The lowest BCUT2D eigenvalue weighted by molar-refractivity contribution is 0.161. The van der Waals surface area contributed by atoms with E-state index in [-0.39, 0.29) is 6.04 Å². The summed E-state index contributed by atoms with van der Waals surface area (Å²) in [6, 6.07) is 8.52. The van der Waals surface area contributed by atoms with Gasteiger partial charge >= 0.3 is 0 Å². The molecule has 1 aromatic carbocycles. The van der Waals surface area contributed by atoms with Crippen LogP contribution < -0.4 is 15.8 Å². The highest BCUT2D eigenvalue weighted by molar-refractivity contribution is 5.77. The zero-order chi connectivity index (χ0) is 17.4. The van der Waals surface area contributed by atoms with Gasteiger partial charge in [-0.2, -0.15) is 0 Å². The molecular formula is C19H32N4O. The summed E-state index contributed by atoms with van der Waals surface area (Å²) < 4.78 is 5.59. The van der Waals surface area contributed by atoms with E-state index in [4.69, 9.17) is 10.5 Å². The van der Waals surface area contributed by atoms with Crippen LogP contribution in [-0.2, 0) is 0 Å². The van der Waals surface area contributed by atoms with Gasteiger partial charge in [-0.05, 0) is 37.9 Å². The molecule has 1 saturated heterocycles. The first-order chi connectivity index (χ1) is 11.6. The molecule has 1 heterocycles. The van der Waals surface area contributed by atoms with Crippen LogP contribution in [0.5, 0.6) is 5.75 Å². The van der Waals surface area contributed by atoms with Gasteiger partial charge < -0.3 is 15.8 Å². The number of piperidine rings is 1. The Labute approximate surface area is 146 Å². The minimum Gasteiger partial charge on any atom is -0.496 e. The Balaban J connectivity index is 2.12. The number of para-hydroxylation sites is 1. The van der Waals surface area contributed by atoms with E-state index < -0.39 is 0 Å². The molecule has 0 spiro atoms. The molecule has 24 heavy (non-hydrogen) atoms. The highest BCUT2D eigenvalue weighted by Gasteiger charge is 2.24. The lowest BCUT2D eigenvalue weighted by Crippen LogP contribution is -2.43. The summed E-state index contributed by atoms with van der Waals surface area (Å²) >= 11 is 0. The highest BCUT2D eigenvalue weighted by atomic mass is 16.5. The van der Waals surface area contributed by atoms with Crippen molar-refractivity contribution in [3.8, 4) is 5.75 Å². The van der Waals surface area contributed by atoms with Crippen molar-refractivity contribution < 1.29 is 4.74 Å². The number of nitrogens with zero attached hydrogens (tertiary/aromatic N) is 2. The van der Waals surface area contributed by atoms with E-state index in [1.807, 2.05) is 12.1 Å². The first-order valence-electron chi connectivity index (χ1n) is 9.02. The van der Waals surface area contributed by atoms with Crippen molar-refractivity contribution in [2.24, 2.45) is 16.6 Å². The van der Waals surface area contributed by atoms with Crippen molar-refractivity contribution in [3.63, 3.8) is 0 Å². The molecule has 1 atom stereocenters. The molecule has 0 aromatic heterocycles. The molecule has 1 fully saturated rings. The number of methoxy groups -OCH3 is 1. The minimum atomic E-state index is 0.245. The molecule has 0 radical (unpaired) electrons. The molecule has 134 valence electrons. The Morgan fingerprint density at radius 2 is 1.96 bits per heavy atom. The largest absolute Gasteiger partial charge is 0.496 e. The maximum absolute atomic E-state index is 6.04. The van der Waals surface area contributed by atoms with E-state index in [0.29, 0.717) is 11.9 Å². The molecule has 0 amide bonds. The molecule has 1 aliphatic rings. The van der Waals surface area contributed by atoms with E-state index in [1.54, 1.807) is 7.11 Å². The molecule has 5 nitrogen and oxygen atoms in total. The smallest absolute Gasteiger partial charge is 0.188 e. The van der Waals surface area contributed by atoms with Crippen LogP contribution in [0.4, 0.5) is 0 Å². The second kappa shape index (κ2) is 9.52. The second-order valence-corrected chi connectivity index (χ2v) is 6.86. The Hall–Kier alpha value is -1.75. The van der Waals surface area contributed by atoms with Gasteiger partial charge in [0.2, 0.25) is 0 Å². The van der Waals surface area contributed by atoms with Gasteiger partial charge in [-0.1, -0.05) is 38.5 Å². The average molecular weight is 332 g/mol. The number of rotatable bonds is 7. The Kier molecular flexibility index (Phi) is 7.37. The first kappa shape index (κ1) is 18.6. The minimum absolute atomic E-state index is 0.245. The molecule has 3 N–H and O–H groups in total. The zero-order valence-electron chi connectivity index (χ0n) is 15.3. The van der Waals surface area contributed by atoms with Crippen LogP contribution in [0.25, 0.3) is 0 Å². The molecule has 1 unspecified atom stereocenters. The highest BCUT2D eigenvalue weighted by Crippen LogP contribution is 2.30. The average Bonchev–Trinajstić information content (AvgIpc) is 2.61. The van der Waals surface area contributed by atoms with Gasteiger partial charge in [-0.25, -0.2) is 0 Å². The fourth-order valence-corrected chi connectivity index (χ4v) is 3.15. The van der Waals surface area contributed by atoms with Crippen LogP contribution in [0.3, 0.4) is 0 Å². The number of likely N-dealkylation sites (tertiary alicyclic amines) is 1. The fraction of sp³-hybridized carbons (Fsp3) is 0.632. The number of guanidine groups is 1. The van der Waals surface area contributed by atoms with Crippen LogP contribution in [0.1, 0.15) is 44.7 Å². The summed E-state index contributed by atoms with van der Waals surface area (Å²) in [4.78, 5) is 6.94. The SMILES string of the molecule is COc1ccccc1C(CNC(N)=NCC(C)C)N1CCCCC1. The molecule has 5 heteroatoms. The van der Waals surface area contributed by atoms with Crippen molar-refractivity contribution in [2.45, 2.75) is 39.2 Å². The van der Waals surface area contributed by atoms with Gasteiger partial charge in [-0.15, -0.1) is 0 Å². The second-order valence-electron chi connectivity index (χ2n) is 6.86. The maximum atomic E-state index is 6.04. The molecule has 0 saturated carbocycles. The Morgan fingerprint density at radius 1 is 1.25 bits per heavy atom. The zero-order valence-corrected chi connectivity index (χ0v) is 15.3. The van der Waals surface area contributed by atoms with E-state index in [2.05, 4.69) is 41.2 Å². The number of hydrogen-bond acceptors (Lipinski definition) is 3. The monoisotopic (exact) mass is 332 g/mol. The molecule has 0 bridgehead atoms. The van der Waals surface area contributed by atoms with Crippen molar-refractivity contribution in [2.75, 3.05) is 33.3 Å². The standard InChI is InChI=1S/C19H32N4O/c1-15(2)13-21-19(20)22-14-17(23-11-7-4-8-12-23)16-9-5-6-10-18(16)24-3/h5-6,9-10,15,17H,4,7-8,11-14H2,1-3H3,(H3,20,21,22). The summed E-state index contributed by atoms with van der Waals surface area (Å²) in [6.45, 7) is 8.01. The van der Waals surface area contributed by atoms with Crippen molar-refractivity contribution in [1.82, 2.24) is 10.2 Å². The van der Waals surface area contributed by atoms with Gasteiger partial charge in [0, 0.05) is 18.7 Å². The topological polar surface area (TPSA) is 62.9 Å². The third kappa shape index (κ3) is 5.41. The van der Waals surface area contributed by atoms with Crippen LogP contribution in [0.2, 0.25) is 0 Å². The third-order valence-corrected chi connectivity index (χ3v) is 4.43. The van der Waals surface area contributed by atoms with E-state index in [0.717, 1.165) is 31.9 Å². The number of hydrogen-bond donors (Lipinski definition) is 2. The summed E-state index contributed by atoms with van der Waals surface area (Å²) in [5.41, 5.74) is 7.25. The predicted molar refractivity (Wildman–Crippen MR) is 100 cm³/mol. The number of nitrogens with one attached hydrogen (secondary N) is 1. The summed E-state index contributed by atoms with van der Waals surface area (Å²) in [7, 11) is 1.73. The van der Waals surface area contributed by atoms with Gasteiger partial charge in [0.05, 0.1) is 13.2 Å². The van der Waals surface area contributed by atoms with E-state index in [1.165, 1.54) is 24.8 Å². The van der Waals surface area contributed by atoms with Gasteiger partial charge in [0.1, 0.15) is 5.75 Å². The van der Waals surface area contributed by atoms with Gasteiger partial charge in [0.15, 0.2) is 5.96 Å². The van der Waals surface area contributed by atoms with Crippen LogP contribution in [-0.4, -0.2) is 44.1 Å². The number of benzene rings is 1. The first-order valence-corrected chi connectivity index (χ1v) is 9.02. The van der Waals surface area contributed by atoms with E-state index >= 15 is 0 Å². The summed E-state index contributed by atoms with van der Waals surface area (Å²) in [5, 5.41) is 3.32. The van der Waals surface area contributed by atoms with Gasteiger partial charge in [0.25, 0.3) is 0 Å². The molecule has 1 aliphatic heterocycles. The normalized spacial score (nSPS) is 17.8. The molecule has 0 aliphatic carbocycles. The van der Waals surface area contributed by atoms with Crippen LogP contribution in [0.15, 0.2) is 29.3 Å². The number of aliphatic imine (C=N–C) groups is 1.